The van der Waals surface area contributed by atoms with Crippen LogP contribution < -0.4 is 0 Å². The summed E-state index contributed by atoms with van der Waals surface area (Å²) in [5.41, 5.74) is 0. The molecule has 0 aliphatic heterocycles. The molecule has 7 heteroatoms. The summed E-state index contributed by atoms with van der Waals surface area (Å²) in [6, 6.07) is -1.58. The molecule has 0 aromatic rings. The highest BCUT2D eigenvalue weighted by atomic mass is 16.5. The van der Waals surface area contributed by atoms with Gasteiger partial charge < -0.3 is 9.84 Å². The number of hydrogen-bond donors (Lipinski definition) is 1. The van der Waals surface area contributed by atoms with Crippen LogP contribution in [0, 0.1) is 0 Å². The van der Waals surface area contributed by atoms with E-state index in [-0.39, 0.29) is 19.4 Å². The molecule has 7 nitrogen and oxygen atoms in total. The van der Waals surface area contributed by atoms with Crippen molar-refractivity contribution in [3.05, 3.63) is 37.0 Å². The molecule has 0 radical (unpaired) electrons. The highest BCUT2D eigenvalue weighted by Crippen LogP contribution is 2.15. The van der Waals surface area contributed by atoms with Gasteiger partial charge in [0.25, 0.3) is 0 Å². The van der Waals surface area contributed by atoms with Gasteiger partial charge >= 0.3 is 11.9 Å². The number of rotatable bonds is 14. The third-order valence-electron chi connectivity index (χ3n) is 3.85. The molecule has 0 fully saturated rings. The second-order valence-corrected chi connectivity index (χ2v) is 6.11. The van der Waals surface area contributed by atoms with Crippen LogP contribution in [0.1, 0.15) is 58.8 Å². The van der Waals surface area contributed by atoms with Crippen LogP contribution >= 0.6 is 0 Å². The van der Waals surface area contributed by atoms with Crippen LogP contribution in [-0.2, 0) is 23.9 Å². The molecular weight excluding hydrogens is 362 g/mol. The van der Waals surface area contributed by atoms with E-state index in [1.54, 1.807) is 0 Å². The molecule has 1 unspecified atom stereocenters. The van der Waals surface area contributed by atoms with Gasteiger partial charge in [-0.3, -0.25) is 19.3 Å². The van der Waals surface area contributed by atoms with Crippen LogP contribution in [0.2, 0.25) is 0 Å². The molecular formula is C21H31NO6. The van der Waals surface area contributed by atoms with Crippen LogP contribution in [0.4, 0.5) is 0 Å². The largest absolute Gasteiger partial charge is 0.480 e. The van der Waals surface area contributed by atoms with Crippen molar-refractivity contribution in [2.24, 2.45) is 0 Å². The van der Waals surface area contributed by atoms with Crippen molar-refractivity contribution in [3.63, 3.8) is 0 Å². The van der Waals surface area contributed by atoms with Gasteiger partial charge in [-0.1, -0.05) is 37.0 Å². The number of aliphatic carboxylic acids is 1. The molecule has 0 aromatic heterocycles. The van der Waals surface area contributed by atoms with Gasteiger partial charge in [-0.15, -0.1) is 0 Å². The molecule has 0 aliphatic rings. The summed E-state index contributed by atoms with van der Waals surface area (Å²) in [7, 11) is 0. The van der Waals surface area contributed by atoms with E-state index >= 15 is 0 Å². The lowest BCUT2D eigenvalue weighted by atomic mass is 10.1. The molecule has 2 amide bonds. The molecule has 0 heterocycles. The van der Waals surface area contributed by atoms with Gasteiger partial charge in [-0.25, -0.2) is 4.79 Å². The number of allylic oxidation sites excluding steroid dienone is 4. The standard InChI is InChI=1S/C21H31NO6/c1-4-7-9-11-13-18(23)22(19(24)14-12-10-8-5-2)17(21(26)27)16-20(25)28-15-6-3/h4-8,17H,3,9-16H2,1-2H3,(H,26,27)/b7-4+,8-5+. The van der Waals surface area contributed by atoms with E-state index in [1.807, 2.05) is 38.2 Å². The number of carboxylic acids is 1. The van der Waals surface area contributed by atoms with Crippen molar-refractivity contribution in [1.82, 2.24) is 4.90 Å². The topological polar surface area (TPSA) is 101 Å². The third kappa shape index (κ3) is 10.4. The monoisotopic (exact) mass is 393 g/mol. The third-order valence-corrected chi connectivity index (χ3v) is 3.85. The molecule has 28 heavy (non-hydrogen) atoms. The number of ether oxygens (including phenoxy) is 1. The number of amides is 2. The normalized spacial score (nSPS) is 12.1. The maximum atomic E-state index is 12.6. The zero-order chi connectivity index (χ0) is 21.4. The average Bonchev–Trinajstić information content (AvgIpc) is 2.66. The summed E-state index contributed by atoms with van der Waals surface area (Å²) < 4.78 is 4.82. The first-order valence-corrected chi connectivity index (χ1v) is 9.45. The van der Waals surface area contributed by atoms with E-state index in [0.29, 0.717) is 25.7 Å². The number of hydrogen-bond acceptors (Lipinski definition) is 5. The average molecular weight is 393 g/mol. The lowest BCUT2D eigenvalue weighted by Gasteiger charge is -2.27. The van der Waals surface area contributed by atoms with Crippen molar-refractivity contribution < 1.29 is 29.0 Å². The first-order valence-electron chi connectivity index (χ1n) is 9.45. The van der Waals surface area contributed by atoms with Gasteiger partial charge in [0.2, 0.25) is 11.8 Å². The van der Waals surface area contributed by atoms with Crippen LogP contribution in [-0.4, -0.2) is 46.4 Å². The van der Waals surface area contributed by atoms with E-state index in [2.05, 4.69) is 6.58 Å². The minimum Gasteiger partial charge on any atom is -0.480 e. The van der Waals surface area contributed by atoms with Crippen molar-refractivity contribution in [1.29, 1.82) is 0 Å². The number of nitrogens with zero attached hydrogens (tertiary/aromatic N) is 1. The minimum absolute atomic E-state index is 0.0242. The predicted octanol–water partition coefficient (Wildman–Crippen LogP) is 3.41. The molecule has 0 saturated heterocycles. The Morgan fingerprint density at radius 2 is 1.50 bits per heavy atom. The van der Waals surface area contributed by atoms with E-state index in [0.717, 1.165) is 4.90 Å². The van der Waals surface area contributed by atoms with Crippen molar-refractivity contribution >= 4 is 23.8 Å². The van der Waals surface area contributed by atoms with Gasteiger partial charge in [0, 0.05) is 12.8 Å². The Balaban J connectivity index is 5.32. The van der Waals surface area contributed by atoms with E-state index in [9.17, 15) is 24.3 Å². The van der Waals surface area contributed by atoms with Crippen LogP contribution in [0.3, 0.4) is 0 Å². The fraction of sp³-hybridized carbons (Fsp3) is 0.524. The lowest BCUT2D eigenvalue weighted by Crippen LogP contribution is -2.49. The Bertz CT molecular complexity index is 564. The van der Waals surface area contributed by atoms with Gasteiger partial charge in [-0.05, 0) is 39.5 Å². The summed E-state index contributed by atoms with van der Waals surface area (Å²) in [5.74, 6) is -3.41. The minimum atomic E-state index is -1.58. The molecule has 0 saturated carbocycles. The van der Waals surface area contributed by atoms with E-state index < -0.39 is 36.2 Å². The van der Waals surface area contributed by atoms with E-state index in [1.165, 1.54) is 6.08 Å². The fourth-order valence-corrected chi connectivity index (χ4v) is 2.46. The SMILES string of the molecule is C=CCOC(=O)CC(C(=O)O)N(C(=O)CCC/C=C/C)C(=O)CCC/C=C/C. The number of esters is 1. The first-order chi connectivity index (χ1) is 13.4. The van der Waals surface area contributed by atoms with E-state index in [4.69, 9.17) is 4.74 Å². The maximum Gasteiger partial charge on any atom is 0.327 e. The lowest BCUT2D eigenvalue weighted by molar-refractivity contribution is -0.161. The number of unbranched alkanes of at least 4 members (excludes halogenated alkanes) is 2. The summed E-state index contributed by atoms with van der Waals surface area (Å²) >= 11 is 0. The van der Waals surface area contributed by atoms with Gasteiger partial charge in [0.15, 0.2) is 0 Å². The Kier molecular flexibility index (Phi) is 13.9. The van der Waals surface area contributed by atoms with Crippen molar-refractivity contribution in [2.75, 3.05) is 6.61 Å². The Morgan fingerprint density at radius 3 is 1.89 bits per heavy atom. The highest BCUT2D eigenvalue weighted by Gasteiger charge is 2.36. The quantitative estimate of drug-likeness (QED) is 0.276. The van der Waals surface area contributed by atoms with Gasteiger partial charge in [0.05, 0.1) is 6.42 Å². The number of imide groups is 1. The fourth-order valence-electron chi connectivity index (χ4n) is 2.46. The molecule has 0 aliphatic carbocycles. The second kappa shape index (κ2) is 15.4. The highest BCUT2D eigenvalue weighted by molar-refractivity contribution is 6.00. The zero-order valence-corrected chi connectivity index (χ0v) is 16.8. The predicted molar refractivity (Wildman–Crippen MR) is 106 cm³/mol. The van der Waals surface area contributed by atoms with Gasteiger partial charge in [0.1, 0.15) is 12.6 Å². The molecule has 156 valence electrons. The maximum absolute atomic E-state index is 12.6. The first kappa shape index (κ1) is 25.3. The van der Waals surface area contributed by atoms with Crippen molar-refractivity contribution in [3.8, 4) is 0 Å². The van der Waals surface area contributed by atoms with Crippen LogP contribution in [0.25, 0.3) is 0 Å². The second-order valence-electron chi connectivity index (χ2n) is 6.11. The smallest absolute Gasteiger partial charge is 0.327 e. The number of carboxylic acid groups (broad SMARTS) is 1. The number of carbonyl (C=O) groups excluding carboxylic acids is 3. The Hall–Kier alpha value is -2.70. The molecule has 1 atom stereocenters. The Labute approximate surface area is 166 Å². The summed E-state index contributed by atoms with van der Waals surface area (Å²) in [5, 5.41) is 9.54. The molecule has 0 aromatic carbocycles. The molecule has 0 rings (SSSR count). The summed E-state index contributed by atoms with van der Waals surface area (Å²) in [4.78, 5) is 49.5. The Morgan fingerprint density at radius 1 is 1.00 bits per heavy atom. The van der Waals surface area contributed by atoms with Crippen molar-refractivity contribution in [2.45, 2.75) is 64.8 Å². The molecule has 0 bridgehead atoms. The van der Waals surface area contributed by atoms with Crippen LogP contribution in [0.5, 0.6) is 0 Å². The zero-order valence-electron chi connectivity index (χ0n) is 16.8. The van der Waals surface area contributed by atoms with Gasteiger partial charge in [-0.2, -0.15) is 0 Å². The molecule has 1 N–H and O–H groups in total. The molecule has 0 spiro atoms. The summed E-state index contributed by atoms with van der Waals surface area (Å²) in [6.45, 7) is 7.06. The van der Waals surface area contributed by atoms with Crippen LogP contribution in [0.15, 0.2) is 37.0 Å². The number of carbonyl (C=O) groups is 4. The summed E-state index contributed by atoms with van der Waals surface area (Å²) in [6.07, 6.45) is 10.5.